The van der Waals surface area contributed by atoms with Crippen LogP contribution in [0.2, 0.25) is 0 Å². The molecule has 10 heteroatoms. The molecule has 4 bridgehead atoms. The van der Waals surface area contributed by atoms with Gasteiger partial charge in [-0.25, -0.2) is 0 Å². The summed E-state index contributed by atoms with van der Waals surface area (Å²) in [4.78, 5) is 28.0. The van der Waals surface area contributed by atoms with Crippen LogP contribution < -0.4 is 25.4 Å². The van der Waals surface area contributed by atoms with Crippen LogP contribution in [0.15, 0.2) is 29.3 Å². The zero-order valence-electron chi connectivity index (χ0n) is 25.9. The third kappa shape index (κ3) is 10.3. The Bertz CT molecular complexity index is 1060. The van der Waals surface area contributed by atoms with E-state index in [-0.39, 0.29) is 54.2 Å². The van der Waals surface area contributed by atoms with Crippen molar-refractivity contribution in [2.24, 2.45) is 5.41 Å². The fourth-order valence-electron chi connectivity index (χ4n) is 6.33. The number of methoxy groups -OCH3 is 1. The van der Waals surface area contributed by atoms with Gasteiger partial charge < -0.3 is 25.4 Å². The van der Waals surface area contributed by atoms with Crippen molar-refractivity contribution < 1.29 is 19.1 Å². The van der Waals surface area contributed by atoms with Crippen LogP contribution in [0.3, 0.4) is 0 Å². The minimum atomic E-state index is -0.244. The first-order chi connectivity index (χ1) is 19.2. The van der Waals surface area contributed by atoms with Crippen molar-refractivity contribution in [2.45, 2.75) is 90.7 Å². The molecule has 238 valence electrons. The van der Waals surface area contributed by atoms with E-state index in [1.54, 1.807) is 18.3 Å². The van der Waals surface area contributed by atoms with Crippen LogP contribution in [0, 0.1) is 5.41 Å². The van der Waals surface area contributed by atoms with E-state index in [2.05, 4.69) is 41.6 Å². The highest BCUT2D eigenvalue weighted by molar-refractivity contribution is 5.85. The molecule has 8 nitrogen and oxygen atoms in total. The van der Waals surface area contributed by atoms with Crippen molar-refractivity contribution in [1.29, 1.82) is 0 Å². The third-order valence-corrected chi connectivity index (χ3v) is 8.81. The lowest BCUT2D eigenvalue weighted by Crippen LogP contribution is -2.41. The Kier molecular flexibility index (Phi) is 14.9. The number of hydrogen-bond acceptors (Lipinski definition) is 6. The lowest BCUT2D eigenvalue weighted by molar-refractivity contribution is -0.123. The molecule has 0 aromatic heterocycles. The normalized spacial score (nSPS) is 24.6. The zero-order chi connectivity index (χ0) is 28.5. The number of amides is 2. The Balaban J connectivity index is 0.00000308. The van der Waals surface area contributed by atoms with Crippen LogP contribution in [-0.2, 0) is 16.0 Å². The average Bonchev–Trinajstić information content (AvgIpc) is 3.39. The number of carbonyl (C=O) groups is 2. The fraction of sp³-hybridized carbons (Fsp3) is 0.688. The highest BCUT2D eigenvalue weighted by Gasteiger charge is 2.31. The molecule has 2 atom stereocenters. The topological polar surface area (TPSA) is 91.9 Å². The van der Waals surface area contributed by atoms with Crippen molar-refractivity contribution in [3.8, 4) is 11.5 Å². The summed E-state index contributed by atoms with van der Waals surface area (Å²) in [6.07, 6.45) is 8.20. The second-order valence-corrected chi connectivity index (χ2v) is 12.4. The van der Waals surface area contributed by atoms with Gasteiger partial charge in [0.05, 0.1) is 13.2 Å². The van der Waals surface area contributed by atoms with E-state index in [1.165, 1.54) is 19.3 Å². The minimum absolute atomic E-state index is 0. The molecule has 1 fully saturated rings. The smallest absolute Gasteiger partial charge is 0.237 e. The van der Waals surface area contributed by atoms with E-state index in [9.17, 15) is 9.59 Å². The second-order valence-electron chi connectivity index (χ2n) is 12.4. The van der Waals surface area contributed by atoms with Gasteiger partial charge in [0, 0.05) is 45.6 Å². The van der Waals surface area contributed by atoms with Crippen LogP contribution in [0.5, 0.6) is 11.5 Å². The van der Waals surface area contributed by atoms with E-state index in [1.807, 2.05) is 18.2 Å². The van der Waals surface area contributed by atoms with Crippen LogP contribution in [0.4, 0.5) is 0 Å². The maximum absolute atomic E-state index is 12.8. The van der Waals surface area contributed by atoms with Gasteiger partial charge in [0.15, 0.2) is 11.5 Å². The number of aryl methyl sites for hydroxylation is 1. The molecule has 0 spiro atoms. The highest BCUT2D eigenvalue weighted by atomic mass is 35.5. The van der Waals surface area contributed by atoms with Crippen LogP contribution in [0.25, 0.3) is 0 Å². The quantitative estimate of drug-likeness (QED) is 0.417. The zero-order valence-corrected chi connectivity index (χ0v) is 27.5. The van der Waals surface area contributed by atoms with Crippen molar-refractivity contribution in [1.82, 2.24) is 20.9 Å². The van der Waals surface area contributed by atoms with Gasteiger partial charge >= 0.3 is 0 Å². The lowest BCUT2D eigenvalue weighted by Gasteiger charge is -2.37. The molecule has 0 radical (unpaired) electrons. The van der Waals surface area contributed by atoms with E-state index in [0.29, 0.717) is 50.4 Å². The summed E-state index contributed by atoms with van der Waals surface area (Å²) >= 11 is 0. The molecule has 5 rings (SSSR count). The molecule has 1 aromatic carbocycles. The van der Waals surface area contributed by atoms with Gasteiger partial charge in [0.2, 0.25) is 11.8 Å². The number of nitrogens with zero attached hydrogens (tertiary/aromatic N) is 1. The van der Waals surface area contributed by atoms with Gasteiger partial charge in [0.25, 0.3) is 0 Å². The summed E-state index contributed by atoms with van der Waals surface area (Å²) in [7, 11) is 1.63. The van der Waals surface area contributed by atoms with E-state index in [4.69, 9.17) is 9.47 Å². The summed E-state index contributed by atoms with van der Waals surface area (Å²) in [5.41, 5.74) is 4.41. The first kappa shape index (κ1) is 36.2. The third-order valence-electron chi connectivity index (χ3n) is 8.81. The predicted octanol–water partition coefficient (Wildman–Crippen LogP) is 4.83. The largest absolute Gasteiger partial charge is 0.493 e. The van der Waals surface area contributed by atoms with Gasteiger partial charge in [-0.15, -0.1) is 24.8 Å². The molecule has 1 aromatic rings. The summed E-state index contributed by atoms with van der Waals surface area (Å²) in [5.74, 6) is 1.45. The molecule has 42 heavy (non-hydrogen) atoms. The number of allylic oxidation sites excluding steroid dienone is 1. The molecule has 0 saturated carbocycles. The first-order valence-electron chi connectivity index (χ1n) is 15.3. The molecule has 3 aliphatic heterocycles. The monoisotopic (exact) mass is 626 g/mol. The van der Waals surface area contributed by atoms with Crippen molar-refractivity contribution in [3.05, 3.63) is 34.9 Å². The lowest BCUT2D eigenvalue weighted by atomic mass is 9.72. The van der Waals surface area contributed by atoms with Gasteiger partial charge in [-0.2, -0.15) is 0 Å². The van der Waals surface area contributed by atoms with Crippen molar-refractivity contribution >= 4 is 36.6 Å². The number of hydrogen-bond donors (Lipinski definition) is 3. The average molecular weight is 628 g/mol. The minimum Gasteiger partial charge on any atom is -0.493 e. The van der Waals surface area contributed by atoms with Gasteiger partial charge in [-0.05, 0) is 81.5 Å². The van der Waals surface area contributed by atoms with E-state index < -0.39 is 0 Å². The van der Waals surface area contributed by atoms with Gasteiger partial charge in [-0.3, -0.25) is 14.5 Å². The van der Waals surface area contributed by atoms with Crippen molar-refractivity contribution in [2.75, 3.05) is 46.4 Å². The summed E-state index contributed by atoms with van der Waals surface area (Å²) in [6, 6.07) is 5.60. The Morgan fingerprint density at radius 1 is 1.00 bits per heavy atom. The predicted molar refractivity (Wildman–Crippen MR) is 173 cm³/mol. The number of ether oxygens (including phenoxy) is 2. The molecule has 4 aliphatic rings. The molecule has 0 unspecified atom stereocenters. The second kappa shape index (κ2) is 17.3. The molecule has 3 N–H and O–H groups in total. The Morgan fingerprint density at radius 2 is 1.76 bits per heavy atom. The number of rotatable bonds is 3. The molecule has 1 aliphatic carbocycles. The SMILES string of the molecule is COc1cc2ccc1O[C@@H]1CN[C@@H](C1)C(=O)NCCCCN(CC1=C(C)CCCC1(C)C)CCCNC(=O)CC2.Cl.Cl. The number of halogens is 2. The Labute approximate surface area is 264 Å². The Morgan fingerprint density at radius 3 is 2.52 bits per heavy atom. The highest BCUT2D eigenvalue weighted by Crippen LogP contribution is 2.40. The van der Waals surface area contributed by atoms with Gasteiger partial charge in [0.1, 0.15) is 6.10 Å². The van der Waals surface area contributed by atoms with E-state index in [0.717, 1.165) is 44.5 Å². The summed E-state index contributed by atoms with van der Waals surface area (Å²) < 4.78 is 11.8. The van der Waals surface area contributed by atoms with Crippen molar-refractivity contribution in [3.63, 3.8) is 0 Å². The first-order valence-corrected chi connectivity index (χ1v) is 15.3. The Hall–Kier alpha value is -2.00. The molecular weight excluding hydrogens is 575 g/mol. The van der Waals surface area contributed by atoms with Crippen LogP contribution in [0.1, 0.15) is 77.7 Å². The maximum atomic E-state index is 12.8. The van der Waals surface area contributed by atoms with Gasteiger partial charge in [-0.1, -0.05) is 31.1 Å². The number of carbonyl (C=O) groups excluding carboxylic acids is 2. The molecule has 1 saturated heterocycles. The number of fused-ring (bicyclic) bond motifs is 15. The molecule has 2 amide bonds. The summed E-state index contributed by atoms with van der Waals surface area (Å²) in [5, 5.41) is 9.57. The number of nitrogens with one attached hydrogen (secondary N) is 3. The summed E-state index contributed by atoms with van der Waals surface area (Å²) in [6.45, 7) is 12.0. The maximum Gasteiger partial charge on any atom is 0.237 e. The number of benzene rings is 1. The molecular formula is C32H52Cl2N4O4. The van der Waals surface area contributed by atoms with E-state index >= 15 is 0 Å². The molecule has 3 heterocycles. The van der Waals surface area contributed by atoms with Crippen LogP contribution >= 0.6 is 24.8 Å². The fourth-order valence-corrected chi connectivity index (χ4v) is 6.33. The van der Waals surface area contributed by atoms with Crippen LogP contribution in [-0.4, -0.2) is 75.2 Å². The standard InChI is InChI=1S/C32H50N4O4.2ClH/c1-23-9-7-14-32(2,3)26(23)22-36-17-6-5-15-34-31(38)27-20-25(21-35-27)40-28-12-10-24(19-29(28)39-4)11-13-30(37)33-16-8-18-36;;/h10,12,19,25,27,35H,5-9,11,13-18,20-22H2,1-4H3,(H,33,37)(H,34,38);2*1H/t25-,27-;;/m0../s1.